The van der Waals surface area contributed by atoms with Gasteiger partial charge in [0.1, 0.15) is 12.0 Å². The van der Waals surface area contributed by atoms with Crippen LogP contribution in [0.1, 0.15) is 6.92 Å². The molecule has 0 aromatic heterocycles. The Bertz CT molecular complexity index is 687. The number of likely N-dealkylation sites (N-methyl/N-ethyl adjacent to an activating group) is 1. The monoisotopic (exact) mass is 474 g/mol. The van der Waals surface area contributed by atoms with Gasteiger partial charge in [0.2, 0.25) is 23.6 Å². The lowest BCUT2D eigenvalue weighted by Gasteiger charge is -2.27. The maximum absolute atomic E-state index is 12.3. The van der Waals surface area contributed by atoms with E-state index in [0.29, 0.717) is 13.1 Å². The number of ketones is 1. The van der Waals surface area contributed by atoms with Gasteiger partial charge in [0.05, 0.1) is 49.8 Å². The first kappa shape index (κ1) is 31.6. The molecule has 0 rings (SSSR count). The molecule has 15 heteroatoms. The summed E-state index contributed by atoms with van der Waals surface area (Å²) in [5, 5.41) is 18.3. The minimum atomic E-state index is -1.08. The van der Waals surface area contributed by atoms with Crippen LogP contribution in [0.25, 0.3) is 0 Å². The minimum absolute atomic E-state index is 0.00973. The van der Waals surface area contributed by atoms with Gasteiger partial charge in [0.15, 0.2) is 0 Å². The van der Waals surface area contributed by atoms with Crippen molar-refractivity contribution in [2.24, 2.45) is 0 Å². The summed E-state index contributed by atoms with van der Waals surface area (Å²) >= 11 is 0. The van der Waals surface area contributed by atoms with Crippen LogP contribution in [0.3, 0.4) is 0 Å². The van der Waals surface area contributed by atoms with Crippen molar-refractivity contribution in [2.75, 3.05) is 59.5 Å². The average molecular weight is 474 g/mol. The van der Waals surface area contributed by atoms with Gasteiger partial charge in [-0.05, 0) is 32.9 Å². The summed E-state index contributed by atoms with van der Waals surface area (Å²) in [5.41, 5.74) is 0. The van der Waals surface area contributed by atoms with E-state index in [0.717, 1.165) is 4.90 Å². The van der Waals surface area contributed by atoms with Gasteiger partial charge >= 0.3 is 0 Å². The molecule has 0 spiro atoms. The van der Waals surface area contributed by atoms with Gasteiger partial charge in [-0.3, -0.25) is 29.3 Å². The Labute approximate surface area is 204 Å². The van der Waals surface area contributed by atoms with Crippen molar-refractivity contribution in [3.8, 4) is 0 Å². The van der Waals surface area contributed by atoms with Gasteiger partial charge in [0.25, 0.3) is 0 Å². The second kappa shape index (κ2) is 18.0. The molecule has 12 nitrogen and oxygen atoms in total. The molecular formula is C19H33B3N6O6. The van der Waals surface area contributed by atoms with E-state index >= 15 is 0 Å². The second-order valence-corrected chi connectivity index (χ2v) is 7.39. The molecule has 1 atom stereocenters. The predicted octanol–water partition coefficient (Wildman–Crippen LogP) is -3.98. The van der Waals surface area contributed by atoms with Gasteiger partial charge in [-0.15, -0.1) is 0 Å². The summed E-state index contributed by atoms with van der Waals surface area (Å²) in [4.78, 5) is 63.1. The van der Waals surface area contributed by atoms with Gasteiger partial charge in [0, 0.05) is 26.2 Å². The van der Waals surface area contributed by atoms with Crippen molar-refractivity contribution in [3.63, 3.8) is 0 Å². The highest BCUT2D eigenvalue weighted by atomic mass is 16.3. The highest BCUT2D eigenvalue weighted by molar-refractivity contribution is 6.20. The molecule has 4 N–H and O–H groups in total. The van der Waals surface area contributed by atoms with E-state index in [2.05, 4.69) is 16.0 Å². The lowest BCUT2D eigenvalue weighted by atomic mass is 10.0. The van der Waals surface area contributed by atoms with Crippen LogP contribution < -0.4 is 16.0 Å². The van der Waals surface area contributed by atoms with E-state index in [1.165, 1.54) is 16.7 Å². The number of hydrogen-bond donors (Lipinski definition) is 4. The molecule has 0 fully saturated rings. The van der Waals surface area contributed by atoms with Gasteiger partial charge in [-0.1, -0.05) is 0 Å². The molecule has 0 bridgehead atoms. The zero-order valence-corrected chi connectivity index (χ0v) is 19.9. The Hall–Kier alpha value is -2.38. The summed E-state index contributed by atoms with van der Waals surface area (Å²) in [7, 11) is 17.9. The van der Waals surface area contributed by atoms with Crippen LogP contribution in [-0.2, 0) is 24.0 Å². The van der Waals surface area contributed by atoms with Gasteiger partial charge in [-0.25, -0.2) is 0 Å². The second-order valence-electron chi connectivity index (χ2n) is 7.39. The topological polar surface area (TPSA) is 151 Å². The number of rotatable bonds is 18. The molecule has 0 saturated carbocycles. The quantitative estimate of drug-likeness (QED) is 0.116. The maximum atomic E-state index is 12.3. The largest absolute Gasteiger partial charge is 0.377 e. The number of nitrogens with one attached hydrogen (secondary N) is 3. The third-order valence-electron chi connectivity index (χ3n) is 4.58. The lowest BCUT2D eigenvalue weighted by molar-refractivity contribution is -0.137. The molecule has 0 aliphatic heterocycles. The Morgan fingerprint density at radius 1 is 0.824 bits per heavy atom. The molecule has 1 unspecified atom stereocenters. The van der Waals surface area contributed by atoms with E-state index in [1.807, 2.05) is 0 Å². The molecule has 0 saturated heterocycles. The van der Waals surface area contributed by atoms with Crippen LogP contribution in [0.2, 0.25) is 19.0 Å². The van der Waals surface area contributed by atoms with Crippen LogP contribution in [0.15, 0.2) is 0 Å². The SMILES string of the molecule is [B]CC(=O)N(CNC(=O)CN(CCNC(O)CN(CCNC)C(=O)C[B])C(=O)C[B])CC(C)=O. The maximum Gasteiger partial charge on any atom is 0.241 e. The highest BCUT2D eigenvalue weighted by Gasteiger charge is 2.19. The average Bonchev–Trinajstić information content (AvgIpc) is 2.81. The molecule has 0 heterocycles. The molecule has 184 valence electrons. The number of Topliss-reactive ketones (excluding diaryl/α,β-unsaturated/α-hetero) is 1. The number of amides is 4. The molecular weight excluding hydrogens is 441 g/mol. The Balaban J connectivity index is 4.77. The number of hydrogen-bond acceptors (Lipinski definition) is 8. The van der Waals surface area contributed by atoms with Crippen molar-refractivity contribution >= 4 is 53.0 Å². The summed E-state index contributed by atoms with van der Waals surface area (Å²) < 4.78 is 0. The molecule has 0 aromatic rings. The number of carbonyl (C=O) groups excluding carboxylic acids is 5. The molecule has 0 aromatic carbocycles. The normalized spacial score (nSPS) is 11.4. The zero-order chi connectivity index (χ0) is 26.1. The standard InChI is InChI=1S/C19H33B3N6O6/c1-14(29)10-28(19(34)9-22)13-25-16(31)12-27(18(33)8-21)6-4-24-15(30)11-26(5-3-23-2)17(32)7-20/h15,23-24,30H,3-13H2,1-2H3,(H,25,31). The number of nitrogens with zero attached hydrogens (tertiary/aromatic N) is 3. The fraction of sp³-hybridized carbons (Fsp3) is 0.737. The molecule has 4 amide bonds. The minimum Gasteiger partial charge on any atom is -0.377 e. The molecule has 34 heavy (non-hydrogen) atoms. The first-order chi connectivity index (χ1) is 16.1. The van der Waals surface area contributed by atoms with E-state index < -0.39 is 23.9 Å². The van der Waals surface area contributed by atoms with E-state index in [-0.39, 0.29) is 70.0 Å². The van der Waals surface area contributed by atoms with Crippen molar-refractivity contribution in [1.82, 2.24) is 30.7 Å². The predicted molar refractivity (Wildman–Crippen MR) is 128 cm³/mol. The Kier molecular flexibility index (Phi) is 16.8. The smallest absolute Gasteiger partial charge is 0.241 e. The first-order valence-corrected chi connectivity index (χ1v) is 10.8. The van der Waals surface area contributed by atoms with Crippen LogP contribution in [-0.4, -0.2) is 139 Å². The lowest BCUT2D eigenvalue weighted by Crippen LogP contribution is -2.50. The molecule has 6 radical (unpaired) electrons. The summed E-state index contributed by atoms with van der Waals surface area (Å²) in [6.45, 7) is 1.52. The highest BCUT2D eigenvalue weighted by Crippen LogP contribution is 1.97. The van der Waals surface area contributed by atoms with Crippen LogP contribution >= 0.6 is 0 Å². The third kappa shape index (κ3) is 13.4. The van der Waals surface area contributed by atoms with Crippen LogP contribution in [0, 0.1) is 0 Å². The fourth-order valence-corrected chi connectivity index (χ4v) is 2.80. The number of carbonyl (C=O) groups is 5. The van der Waals surface area contributed by atoms with Crippen LogP contribution in [0.5, 0.6) is 0 Å². The molecule has 0 aliphatic carbocycles. The zero-order valence-electron chi connectivity index (χ0n) is 19.9. The fourth-order valence-electron chi connectivity index (χ4n) is 2.80. The molecule has 0 aliphatic rings. The van der Waals surface area contributed by atoms with Crippen molar-refractivity contribution in [2.45, 2.75) is 32.1 Å². The number of aliphatic hydroxyl groups excluding tert-OH is 1. The van der Waals surface area contributed by atoms with Crippen molar-refractivity contribution < 1.29 is 29.1 Å². The Morgan fingerprint density at radius 3 is 1.88 bits per heavy atom. The van der Waals surface area contributed by atoms with Crippen molar-refractivity contribution in [3.05, 3.63) is 0 Å². The number of aliphatic hydroxyl groups is 1. The van der Waals surface area contributed by atoms with Crippen LogP contribution in [0.4, 0.5) is 0 Å². The van der Waals surface area contributed by atoms with Gasteiger partial charge < -0.3 is 30.4 Å². The van der Waals surface area contributed by atoms with E-state index in [4.69, 9.17) is 23.5 Å². The summed E-state index contributed by atoms with van der Waals surface area (Å²) in [6.07, 6.45) is -1.93. The van der Waals surface area contributed by atoms with Crippen molar-refractivity contribution in [1.29, 1.82) is 0 Å². The van der Waals surface area contributed by atoms with E-state index in [1.54, 1.807) is 7.05 Å². The first-order valence-electron chi connectivity index (χ1n) is 10.8. The van der Waals surface area contributed by atoms with Gasteiger partial charge in [-0.2, -0.15) is 0 Å². The summed E-state index contributed by atoms with van der Waals surface area (Å²) in [5.74, 6) is -2.19. The Morgan fingerprint density at radius 2 is 1.35 bits per heavy atom. The third-order valence-corrected chi connectivity index (χ3v) is 4.58. The summed E-state index contributed by atoms with van der Waals surface area (Å²) in [6, 6.07) is 0. The van der Waals surface area contributed by atoms with E-state index in [9.17, 15) is 29.1 Å².